The number of hydrogen-bond donors (Lipinski definition) is 1. The lowest BCUT2D eigenvalue weighted by molar-refractivity contribution is 0.281. The second kappa shape index (κ2) is 6.10. The van der Waals surface area contributed by atoms with E-state index in [0.29, 0.717) is 12.0 Å². The molecule has 0 amide bonds. The van der Waals surface area contributed by atoms with Crippen molar-refractivity contribution in [2.75, 3.05) is 13.1 Å². The van der Waals surface area contributed by atoms with E-state index in [1.165, 1.54) is 24.1 Å². The average Bonchev–Trinajstić information content (AvgIpc) is 2.97. The summed E-state index contributed by atoms with van der Waals surface area (Å²) in [4.78, 5) is 4.37. The maximum absolute atomic E-state index is 4.37. The minimum absolute atomic E-state index is 0.476. The fourth-order valence-corrected chi connectivity index (χ4v) is 3.26. The minimum atomic E-state index is 0.476. The van der Waals surface area contributed by atoms with Crippen molar-refractivity contribution < 1.29 is 0 Å². The van der Waals surface area contributed by atoms with Crippen LogP contribution in [0.1, 0.15) is 25.8 Å². The molecular formula is C16H20BrN3. The van der Waals surface area contributed by atoms with Crippen LogP contribution in [0.15, 0.2) is 41.3 Å². The summed E-state index contributed by atoms with van der Waals surface area (Å²) in [7, 11) is 0. The molecule has 0 bridgehead atoms. The van der Waals surface area contributed by atoms with E-state index in [1.54, 1.807) is 0 Å². The zero-order valence-corrected chi connectivity index (χ0v) is 13.3. The molecule has 1 N–H and O–H groups in total. The van der Waals surface area contributed by atoms with Gasteiger partial charge in [0.05, 0.1) is 18.2 Å². The second-order valence-electron chi connectivity index (χ2n) is 5.54. The Hall–Kier alpha value is -1.13. The summed E-state index contributed by atoms with van der Waals surface area (Å²) in [6.07, 6.45) is 6.51. The highest BCUT2D eigenvalue weighted by Gasteiger charge is 2.22. The van der Waals surface area contributed by atoms with Gasteiger partial charge in [0.1, 0.15) is 0 Å². The molecule has 2 unspecified atom stereocenters. The summed E-state index contributed by atoms with van der Waals surface area (Å²) >= 11 is 3.49. The Labute approximate surface area is 128 Å². The highest BCUT2D eigenvalue weighted by Crippen LogP contribution is 2.30. The smallest absolute Gasteiger partial charge is 0.0953 e. The molecule has 2 heterocycles. The van der Waals surface area contributed by atoms with Crippen LogP contribution in [0.25, 0.3) is 11.3 Å². The first-order valence-corrected chi connectivity index (χ1v) is 8.03. The standard InChI is InChI=1S/C16H20BrN3/c1-12(14-3-2-8-18-9-14)20-11-19-10-16(20)13-4-6-15(17)7-5-13/h4-7,10-12,14,18H,2-3,8-9H2,1H3. The van der Waals surface area contributed by atoms with Crippen molar-refractivity contribution in [2.45, 2.75) is 25.8 Å². The monoisotopic (exact) mass is 333 g/mol. The molecule has 2 aromatic rings. The highest BCUT2D eigenvalue weighted by molar-refractivity contribution is 9.10. The van der Waals surface area contributed by atoms with Crippen LogP contribution in [-0.2, 0) is 0 Å². The number of piperidine rings is 1. The van der Waals surface area contributed by atoms with E-state index in [4.69, 9.17) is 0 Å². The number of halogens is 1. The normalized spacial score (nSPS) is 20.8. The maximum Gasteiger partial charge on any atom is 0.0953 e. The number of hydrogen-bond acceptors (Lipinski definition) is 2. The molecule has 1 saturated heterocycles. The van der Waals surface area contributed by atoms with Gasteiger partial charge in [-0.3, -0.25) is 0 Å². The van der Waals surface area contributed by atoms with Gasteiger partial charge in [-0.1, -0.05) is 28.1 Å². The third-order valence-electron chi connectivity index (χ3n) is 4.26. The molecule has 1 aromatic heterocycles. The van der Waals surface area contributed by atoms with Crippen LogP contribution in [0.5, 0.6) is 0 Å². The zero-order chi connectivity index (χ0) is 13.9. The molecule has 0 aliphatic carbocycles. The Balaban J connectivity index is 1.87. The van der Waals surface area contributed by atoms with Gasteiger partial charge < -0.3 is 9.88 Å². The van der Waals surface area contributed by atoms with Crippen LogP contribution in [0.4, 0.5) is 0 Å². The van der Waals surface area contributed by atoms with E-state index in [1.807, 2.05) is 12.5 Å². The molecule has 20 heavy (non-hydrogen) atoms. The lowest BCUT2D eigenvalue weighted by Crippen LogP contribution is -2.34. The molecule has 3 rings (SSSR count). The molecular weight excluding hydrogens is 314 g/mol. The minimum Gasteiger partial charge on any atom is -0.327 e. The van der Waals surface area contributed by atoms with Crippen LogP contribution in [0.2, 0.25) is 0 Å². The maximum atomic E-state index is 4.37. The topological polar surface area (TPSA) is 29.9 Å². The first-order chi connectivity index (χ1) is 9.75. The van der Waals surface area contributed by atoms with E-state index < -0.39 is 0 Å². The van der Waals surface area contributed by atoms with Gasteiger partial charge in [-0.15, -0.1) is 0 Å². The fraction of sp³-hybridized carbons (Fsp3) is 0.438. The second-order valence-corrected chi connectivity index (χ2v) is 6.46. The molecule has 1 aliphatic heterocycles. The summed E-state index contributed by atoms with van der Waals surface area (Å²) in [6, 6.07) is 8.93. The Bertz CT molecular complexity index is 555. The number of benzene rings is 1. The van der Waals surface area contributed by atoms with Crippen molar-refractivity contribution in [2.24, 2.45) is 5.92 Å². The Morgan fingerprint density at radius 3 is 2.85 bits per heavy atom. The van der Waals surface area contributed by atoms with Crippen LogP contribution in [0.3, 0.4) is 0 Å². The van der Waals surface area contributed by atoms with E-state index in [2.05, 4.69) is 62.0 Å². The van der Waals surface area contributed by atoms with Crippen molar-refractivity contribution in [3.8, 4) is 11.3 Å². The molecule has 1 fully saturated rings. The molecule has 0 saturated carbocycles. The first-order valence-electron chi connectivity index (χ1n) is 7.24. The van der Waals surface area contributed by atoms with E-state index >= 15 is 0 Å². The van der Waals surface area contributed by atoms with Crippen LogP contribution < -0.4 is 5.32 Å². The third-order valence-corrected chi connectivity index (χ3v) is 4.79. The summed E-state index contributed by atoms with van der Waals surface area (Å²) in [5.41, 5.74) is 2.43. The number of nitrogens with one attached hydrogen (secondary N) is 1. The Morgan fingerprint density at radius 2 is 2.15 bits per heavy atom. The number of nitrogens with zero attached hydrogens (tertiary/aromatic N) is 2. The number of aromatic nitrogens is 2. The highest BCUT2D eigenvalue weighted by atomic mass is 79.9. The van der Waals surface area contributed by atoms with Crippen LogP contribution in [-0.4, -0.2) is 22.6 Å². The van der Waals surface area contributed by atoms with Gasteiger partial charge in [0.15, 0.2) is 0 Å². The molecule has 0 radical (unpaired) electrons. The van der Waals surface area contributed by atoms with Crippen molar-refractivity contribution in [3.63, 3.8) is 0 Å². The van der Waals surface area contributed by atoms with Gasteiger partial charge >= 0.3 is 0 Å². The molecule has 1 aliphatic rings. The van der Waals surface area contributed by atoms with E-state index in [9.17, 15) is 0 Å². The SMILES string of the molecule is CC(C1CCCNC1)n1cncc1-c1ccc(Br)cc1. The van der Waals surface area contributed by atoms with Crippen molar-refractivity contribution in [1.29, 1.82) is 0 Å². The number of rotatable bonds is 3. The Morgan fingerprint density at radius 1 is 1.35 bits per heavy atom. The quantitative estimate of drug-likeness (QED) is 0.923. The lowest BCUT2D eigenvalue weighted by atomic mass is 9.92. The largest absolute Gasteiger partial charge is 0.327 e. The molecule has 106 valence electrons. The zero-order valence-electron chi connectivity index (χ0n) is 11.7. The molecule has 1 aromatic carbocycles. The predicted molar refractivity (Wildman–Crippen MR) is 85.7 cm³/mol. The first kappa shape index (κ1) is 13.8. The van der Waals surface area contributed by atoms with E-state index in [-0.39, 0.29) is 0 Å². The van der Waals surface area contributed by atoms with Gasteiger partial charge in [0.2, 0.25) is 0 Å². The van der Waals surface area contributed by atoms with Crippen molar-refractivity contribution in [3.05, 3.63) is 41.3 Å². The lowest BCUT2D eigenvalue weighted by Gasteiger charge is -2.30. The molecule has 0 spiro atoms. The van der Waals surface area contributed by atoms with E-state index in [0.717, 1.165) is 17.6 Å². The van der Waals surface area contributed by atoms with Crippen molar-refractivity contribution in [1.82, 2.24) is 14.9 Å². The van der Waals surface area contributed by atoms with Crippen LogP contribution in [0, 0.1) is 5.92 Å². The van der Waals surface area contributed by atoms with Gasteiger partial charge in [-0.25, -0.2) is 4.98 Å². The summed E-state index contributed by atoms with van der Waals surface area (Å²) in [5.74, 6) is 0.687. The van der Waals surface area contributed by atoms with Gasteiger partial charge in [0.25, 0.3) is 0 Å². The third kappa shape index (κ3) is 2.81. The molecule has 3 nitrogen and oxygen atoms in total. The summed E-state index contributed by atoms with van der Waals surface area (Å²) < 4.78 is 3.43. The summed E-state index contributed by atoms with van der Waals surface area (Å²) in [6.45, 7) is 4.58. The Kier molecular flexibility index (Phi) is 4.22. The summed E-state index contributed by atoms with van der Waals surface area (Å²) in [5, 5.41) is 3.50. The van der Waals surface area contributed by atoms with Gasteiger partial charge in [-0.2, -0.15) is 0 Å². The van der Waals surface area contributed by atoms with Crippen LogP contribution >= 0.6 is 15.9 Å². The molecule has 4 heteroatoms. The van der Waals surface area contributed by atoms with Crippen molar-refractivity contribution >= 4 is 15.9 Å². The number of imidazole rings is 1. The van der Waals surface area contributed by atoms with Gasteiger partial charge in [0, 0.05) is 10.5 Å². The fourth-order valence-electron chi connectivity index (χ4n) is 2.99. The van der Waals surface area contributed by atoms with Gasteiger partial charge in [-0.05, 0) is 56.5 Å². The molecule has 2 atom stereocenters. The average molecular weight is 334 g/mol. The predicted octanol–water partition coefficient (Wildman–Crippen LogP) is 3.87.